The minimum Gasteiger partial charge on any atom is -0.458 e. The molecule has 0 spiro atoms. The van der Waals surface area contributed by atoms with Crippen LogP contribution in [0.25, 0.3) is 38.8 Å². The van der Waals surface area contributed by atoms with Crippen molar-refractivity contribution in [2.75, 3.05) is 6.61 Å². The molecule has 2 aromatic carbocycles. The molecule has 0 aliphatic heterocycles. The minimum absolute atomic E-state index is 0.0350. The molecule has 210 valence electrons. The summed E-state index contributed by atoms with van der Waals surface area (Å²) in [5.74, 6) is -1.14. The monoisotopic (exact) mass is 563 g/mol. The van der Waals surface area contributed by atoms with Gasteiger partial charge in [0.1, 0.15) is 17.9 Å². The Morgan fingerprint density at radius 1 is 1.12 bits per heavy atom. The predicted molar refractivity (Wildman–Crippen MR) is 156 cm³/mol. The van der Waals surface area contributed by atoms with E-state index in [1.807, 2.05) is 36.5 Å². The molecule has 3 N–H and O–H groups in total. The van der Waals surface area contributed by atoms with Crippen molar-refractivity contribution in [2.24, 2.45) is 5.73 Å². The van der Waals surface area contributed by atoms with Crippen molar-refractivity contribution in [3.8, 4) is 28.3 Å². The fraction of sp³-hybridized carbons (Fsp3) is 0.125. The van der Waals surface area contributed by atoms with Gasteiger partial charge in [-0.15, -0.1) is 0 Å². The van der Waals surface area contributed by atoms with E-state index in [1.165, 1.54) is 10.5 Å². The van der Waals surface area contributed by atoms with Gasteiger partial charge in [0.25, 0.3) is 6.47 Å². The van der Waals surface area contributed by atoms with E-state index in [0.717, 1.165) is 27.6 Å². The zero-order valence-corrected chi connectivity index (χ0v) is 22.6. The number of hydrogen-bond acceptors (Lipinski definition) is 7. The highest BCUT2D eigenvalue weighted by Crippen LogP contribution is 2.33. The third-order valence-electron chi connectivity index (χ3n) is 7.08. The zero-order chi connectivity index (χ0) is 29.2. The molecule has 0 amide bonds. The van der Waals surface area contributed by atoms with Crippen molar-refractivity contribution in [1.29, 1.82) is 0 Å². The number of aryl methyl sites for hydroxylation is 1. The number of H-pyrrole nitrogens is 1. The van der Waals surface area contributed by atoms with Gasteiger partial charge >= 0.3 is 5.97 Å². The number of pyridine rings is 2. The van der Waals surface area contributed by atoms with Crippen LogP contribution in [0.1, 0.15) is 21.7 Å². The largest absolute Gasteiger partial charge is 0.458 e. The molecule has 9 nitrogen and oxygen atoms in total. The van der Waals surface area contributed by atoms with E-state index in [4.69, 9.17) is 15.2 Å². The first-order chi connectivity index (χ1) is 20.4. The van der Waals surface area contributed by atoms with E-state index < -0.39 is 12.0 Å². The van der Waals surface area contributed by atoms with Crippen LogP contribution < -0.4 is 10.5 Å². The molecule has 6 rings (SSSR count). The number of hydrogen-bond donors (Lipinski definition) is 2. The molecule has 0 saturated heterocycles. The quantitative estimate of drug-likeness (QED) is 0.182. The molecule has 0 radical (unpaired) electrons. The van der Waals surface area contributed by atoms with Crippen LogP contribution in [0.5, 0.6) is 5.88 Å². The predicted octanol–water partition coefficient (Wildman–Crippen LogP) is 5.25. The molecule has 4 heterocycles. The molecular formula is C32H26FN5O4. The normalized spacial score (nSPS) is 12.0. The second kappa shape index (κ2) is 11.3. The number of nitrogens with zero attached hydrogens (tertiary/aromatic N) is 3. The molecule has 42 heavy (non-hydrogen) atoms. The summed E-state index contributed by atoms with van der Waals surface area (Å²) in [6.45, 7) is 1.89. The van der Waals surface area contributed by atoms with Gasteiger partial charge in [0.15, 0.2) is 0 Å². The molecule has 0 bridgehead atoms. The Balaban J connectivity index is 1.29. The highest BCUT2D eigenvalue weighted by Gasteiger charge is 2.22. The summed E-state index contributed by atoms with van der Waals surface area (Å²) in [4.78, 5) is 36.4. The number of nitrogens with one attached hydrogen (secondary N) is 1. The second-order valence-electron chi connectivity index (χ2n) is 9.91. The van der Waals surface area contributed by atoms with Gasteiger partial charge in [0.05, 0.1) is 5.69 Å². The van der Waals surface area contributed by atoms with E-state index in [2.05, 4.69) is 15.0 Å². The van der Waals surface area contributed by atoms with Crippen LogP contribution in [0, 0.1) is 12.7 Å². The van der Waals surface area contributed by atoms with Crippen molar-refractivity contribution in [2.45, 2.75) is 19.4 Å². The summed E-state index contributed by atoms with van der Waals surface area (Å²) in [7, 11) is 0. The molecule has 6 aromatic rings. The molecule has 0 aliphatic rings. The number of aromatic nitrogens is 4. The number of carbonyl (C=O) groups excluding carboxylic acids is 2. The van der Waals surface area contributed by atoms with Gasteiger partial charge in [-0.25, -0.2) is 9.18 Å². The Hall–Kier alpha value is -5.35. The van der Waals surface area contributed by atoms with Gasteiger partial charge in [-0.05, 0) is 60.9 Å². The van der Waals surface area contributed by atoms with Crippen LogP contribution in [0.2, 0.25) is 0 Å². The van der Waals surface area contributed by atoms with Gasteiger partial charge < -0.3 is 20.2 Å². The lowest BCUT2D eigenvalue weighted by Crippen LogP contribution is -2.30. The van der Waals surface area contributed by atoms with Crippen molar-refractivity contribution in [1.82, 2.24) is 19.4 Å². The number of ether oxygens (including phenoxy) is 2. The number of esters is 1. The Bertz CT molecular complexity index is 1950. The van der Waals surface area contributed by atoms with Gasteiger partial charge in [-0.2, -0.15) is 4.98 Å². The Morgan fingerprint density at radius 2 is 1.95 bits per heavy atom. The van der Waals surface area contributed by atoms with Crippen LogP contribution in [0.4, 0.5) is 4.39 Å². The number of aromatic amines is 1. The Morgan fingerprint density at radius 3 is 2.79 bits per heavy atom. The molecular weight excluding hydrogens is 537 g/mol. The van der Waals surface area contributed by atoms with Crippen molar-refractivity contribution in [3.63, 3.8) is 0 Å². The fourth-order valence-electron chi connectivity index (χ4n) is 5.04. The highest BCUT2D eigenvalue weighted by molar-refractivity contribution is 5.89. The van der Waals surface area contributed by atoms with Crippen molar-refractivity contribution >= 4 is 28.9 Å². The standard InChI is InChI=1S/C32H26FN5O4/c1-19-13-20(8-10-26(19)33)29-25(6-4-12-35-29)21-9-11-28-31(42-18-39)37-30(38(28)16-21)32(40)41-17-23(34)14-22-15-36-27-7-3-2-5-24(22)27/h2-13,15-16,18,23,36H,14,17,34H2,1H3/t23-/m1/s1. The van der Waals surface area contributed by atoms with Crippen molar-refractivity contribution < 1.29 is 23.5 Å². The molecule has 0 unspecified atom stereocenters. The highest BCUT2D eigenvalue weighted by atomic mass is 19.1. The molecule has 10 heteroatoms. The second-order valence-corrected chi connectivity index (χ2v) is 9.91. The summed E-state index contributed by atoms with van der Waals surface area (Å²) in [6.07, 6.45) is 5.75. The maximum absolute atomic E-state index is 13.9. The van der Waals surface area contributed by atoms with Crippen LogP contribution >= 0.6 is 0 Å². The number of nitrogens with two attached hydrogens (primary N) is 1. The average Bonchev–Trinajstić information content (AvgIpc) is 3.58. The van der Waals surface area contributed by atoms with E-state index in [9.17, 15) is 14.0 Å². The number of para-hydroxylation sites is 1. The average molecular weight is 564 g/mol. The lowest BCUT2D eigenvalue weighted by molar-refractivity contribution is -0.120. The maximum Gasteiger partial charge on any atom is 0.375 e. The minimum atomic E-state index is -0.724. The molecule has 1 atom stereocenters. The fourth-order valence-corrected chi connectivity index (χ4v) is 5.04. The van der Waals surface area contributed by atoms with E-state index >= 15 is 0 Å². The topological polar surface area (TPSA) is 125 Å². The first kappa shape index (κ1) is 26.9. The molecule has 4 aromatic heterocycles. The Kier molecular flexibility index (Phi) is 7.20. The van der Waals surface area contributed by atoms with E-state index in [1.54, 1.807) is 49.6 Å². The van der Waals surface area contributed by atoms with Gasteiger partial charge in [-0.3, -0.25) is 14.2 Å². The lowest BCUT2D eigenvalue weighted by atomic mass is 9.99. The van der Waals surface area contributed by atoms with E-state index in [-0.39, 0.29) is 30.6 Å². The molecule has 0 aliphatic carbocycles. The van der Waals surface area contributed by atoms with Crippen LogP contribution in [-0.2, 0) is 16.0 Å². The third kappa shape index (κ3) is 5.11. The summed E-state index contributed by atoms with van der Waals surface area (Å²) in [6, 6.07) is 19.4. The lowest BCUT2D eigenvalue weighted by Gasteiger charge is -2.12. The third-order valence-corrected chi connectivity index (χ3v) is 7.08. The SMILES string of the molecule is Cc1cc(-c2ncccc2-c2ccc3c(OC=O)nc(C(=O)OC[C@H](N)Cc4c[nH]c5ccccc45)n3c2)ccc1F. The zero-order valence-electron chi connectivity index (χ0n) is 22.6. The number of carbonyl (C=O) groups is 2. The van der Waals surface area contributed by atoms with E-state index in [0.29, 0.717) is 28.8 Å². The summed E-state index contributed by atoms with van der Waals surface area (Å²) in [5, 5.41) is 1.06. The smallest absolute Gasteiger partial charge is 0.375 e. The number of imidazole rings is 1. The van der Waals surface area contributed by atoms with Crippen LogP contribution in [0.3, 0.4) is 0 Å². The number of halogens is 1. The molecule has 0 fully saturated rings. The number of benzene rings is 2. The molecule has 0 saturated carbocycles. The van der Waals surface area contributed by atoms with Gasteiger partial charge in [0.2, 0.25) is 11.7 Å². The van der Waals surface area contributed by atoms with Crippen LogP contribution in [-0.4, -0.2) is 44.4 Å². The van der Waals surface area contributed by atoms with Crippen LogP contribution in [0.15, 0.2) is 85.3 Å². The summed E-state index contributed by atoms with van der Waals surface area (Å²) >= 11 is 0. The first-order valence-corrected chi connectivity index (χ1v) is 13.2. The number of fused-ring (bicyclic) bond motifs is 2. The summed E-state index contributed by atoms with van der Waals surface area (Å²) in [5.41, 5.74) is 12.1. The Labute approximate surface area is 239 Å². The van der Waals surface area contributed by atoms with Gasteiger partial charge in [-0.1, -0.05) is 30.3 Å². The van der Waals surface area contributed by atoms with Crippen molar-refractivity contribution in [3.05, 3.63) is 108 Å². The first-order valence-electron chi connectivity index (χ1n) is 13.2. The maximum atomic E-state index is 13.9. The van der Waals surface area contributed by atoms with Gasteiger partial charge in [0, 0.05) is 52.2 Å². The number of rotatable bonds is 9. The summed E-state index contributed by atoms with van der Waals surface area (Å²) < 4.78 is 26.1.